The van der Waals surface area contributed by atoms with Gasteiger partial charge in [-0.3, -0.25) is 14.5 Å². The molecule has 0 unspecified atom stereocenters. The number of anilines is 2. The van der Waals surface area contributed by atoms with Crippen LogP contribution in [-0.4, -0.2) is 67.4 Å². The summed E-state index contributed by atoms with van der Waals surface area (Å²) in [4.78, 5) is 30.6. The van der Waals surface area contributed by atoms with Crippen molar-refractivity contribution in [3.05, 3.63) is 58.9 Å². The van der Waals surface area contributed by atoms with E-state index in [1.807, 2.05) is 13.0 Å². The standard InChI is InChI=1S/C25H28F4N4O2/c1-17-13-18-5-4-8-33(24(18)20(26)14-17)16-23(35)32-11-9-31(10-12-32)15-22(34)30-21-7-3-2-6-19(21)25(27,28)29/h2-3,6-7,13-14H,4-5,8-12,15-16H2,1H3,(H,30,34). The lowest BCUT2D eigenvalue weighted by molar-refractivity contribution is -0.137. The summed E-state index contributed by atoms with van der Waals surface area (Å²) in [6.45, 7) is 4.10. The van der Waals surface area contributed by atoms with E-state index >= 15 is 0 Å². The predicted octanol–water partition coefficient (Wildman–Crippen LogP) is 3.69. The Balaban J connectivity index is 1.29. The Labute approximate surface area is 201 Å². The van der Waals surface area contributed by atoms with Gasteiger partial charge in [0.1, 0.15) is 5.82 Å². The van der Waals surface area contributed by atoms with Gasteiger partial charge in [-0.25, -0.2) is 4.39 Å². The Kier molecular flexibility index (Phi) is 7.30. The highest BCUT2D eigenvalue weighted by Crippen LogP contribution is 2.34. The van der Waals surface area contributed by atoms with E-state index in [1.165, 1.54) is 24.3 Å². The summed E-state index contributed by atoms with van der Waals surface area (Å²) >= 11 is 0. The van der Waals surface area contributed by atoms with Crippen molar-refractivity contribution in [1.29, 1.82) is 0 Å². The normalized spacial score (nSPS) is 16.7. The van der Waals surface area contributed by atoms with Crippen molar-refractivity contribution in [2.75, 3.05) is 56.0 Å². The van der Waals surface area contributed by atoms with Crippen LogP contribution >= 0.6 is 0 Å². The molecule has 0 aliphatic carbocycles. The number of benzene rings is 2. The van der Waals surface area contributed by atoms with Gasteiger partial charge in [-0.05, 0) is 49.1 Å². The number of para-hydroxylation sites is 1. The zero-order valence-electron chi connectivity index (χ0n) is 19.5. The first-order valence-corrected chi connectivity index (χ1v) is 11.6. The number of halogens is 4. The second-order valence-corrected chi connectivity index (χ2v) is 9.03. The smallest absolute Gasteiger partial charge is 0.360 e. The van der Waals surface area contributed by atoms with Crippen LogP contribution in [0.25, 0.3) is 0 Å². The van der Waals surface area contributed by atoms with Crippen LogP contribution in [0.4, 0.5) is 28.9 Å². The van der Waals surface area contributed by atoms with Gasteiger partial charge in [0.2, 0.25) is 11.8 Å². The van der Waals surface area contributed by atoms with Gasteiger partial charge in [-0.2, -0.15) is 13.2 Å². The number of piperazine rings is 1. The minimum Gasteiger partial charge on any atom is -0.360 e. The quantitative estimate of drug-likeness (QED) is 0.647. The Morgan fingerprint density at radius 3 is 2.43 bits per heavy atom. The van der Waals surface area contributed by atoms with Crippen LogP contribution in [0, 0.1) is 12.7 Å². The first kappa shape index (κ1) is 25.0. The average Bonchev–Trinajstić information content (AvgIpc) is 2.79. The lowest BCUT2D eigenvalue weighted by Gasteiger charge is -2.37. The molecule has 0 radical (unpaired) electrons. The number of nitrogens with one attached hydrogen (secondary N) is 1. The molecule has 2 aliphatic rings. The fraction of sp³-hybridized carbons (Fsp3) is 0.440. The number of aryl methyl sites for hydroxylation is 2. The van der Waals surface area contributed by atoms with Gasteiger partial charge in [0.15, 0.2) is 0 Å². The molecular weight excluding hydrogens is 464 g/mol. The molecule has 0 atom stereocenters. The lowest BCUT2D eigenvalue weighted by Crippen LogP contribution is -2.53. The molecular formula is C25H28F4N4O2. The van der Waals surface area contributed by atoms with Crippen molar-refractivity contribution < 1.29 is 27.2 Å². The highest BCUT2D eigenvalue weighted by Gasteiger charge is 2.34. The van der Waals surface area contributed by atoms with E-state index in [1.54, 1.807) is 14.7 Å². The maximum absolute atomic E-state index is 14.6. The maximum atomic E-state index is 14.6. The molecule has 35 heavy (non-hydrogen) atoms. The highest BCUT2D eigenvalue weighted by atomic mass is 19.4. The van der Waals surface area contributed by atoms with Crippen molar-refractivity contribution in [1.82, 2.24) is 9.80 Å². The van der Waals surface area contributed by atoms with E-state index in [4.69, 9.17) is 0 Å². The number of carbonyl (C=O) groups is 2. The summed E-state index contributed by atoms with van der Waals surface area (Å²) in [7, 11) is 0. The number of fused-ring (bicyclic) bond motifs is 1. The van der Waals surface area contributed by atoms with Crippen LogP contribution in [0.5, 0.6) is 0 Å². The molecule has 0 bridgehead atoms. The molecule has 2 aromatic rings. The van der Waals surface area contributed by atoms with Crippen LogP contribution in [0.15, 0.2) is 36.4 Å². The maximum Gasteiger partial charge on any atom is 0.418 e. The van der Waals surface area contributed by atoms with Gasteiger partial charge in [0, 0.05) is 32.7 Å². The summed E-state index contributed by atoms with van der Waals surface area (Å²) in [6, 6.07) is 8.30. The van der Waals surface area contributed by atoms with Crippen molar-refractivity contribution >= 4 is 23.2 Å². The van der Waals surface area contributed by atoms with Gasteiger partial charge in [0.25, 0.3) is 0 Å². The molecule has 0 spiro atoms. The Bertz CT molecular complexity index is 1100. The lowest BCUT2D eigenvalue weighted by atomic mass is 9.99. The molecule has 1 saturated heterocycles. The molecule has 2 amide bonds. The number of hydrogen-bond acceptors (Lipinski definition) is 4. The number of carbonyl (C=O) groups excluding carboxylic acids is 2. The second kappa shape index (κ2) is 10.2. The number of nitrogens with zero attached hydrogens (tertiary/aromatic N) is 3. The fourth-order valence-electron chi connectivity index (χ4n) is 4.73. The number of alkyl halides is 3. The number of rotatable bonds is 5. The van der Waals surface area contributed by atoms with E-state index < -0.39 is 17.6 Å². The highest BCUT2D eigenvalue weighted by molar-refractivity contribution is 5.93. The molecule has 6 nitrogen and oxygen atoms in total. The molecule has 4 rings (SSSR count). The minimum absolute atomic E-state index is 0.0711. The Hall–Kier alpha value is -3.14. The monoisotopic (exact) mass is 492 g/mol. The summed E-state index contributed by atoms with van der Waals surface area (Å²) in [5.74, 6) is -0.964. The molecule has 10 heteroatoms. The van der Waals surface area contributed by atoms with Crippen LogP contribution in [-0.2, 0) is 22.2 Å². The topological polar surface area (TPSA) is 55.9 Å². The summed E-state index contributed by atoms with van der Waals surface area (Å²) in [5.41, 5.74) is 1.11. The van der Waals surface area contributed by atoms with Crippen LogP contribution in [0.3, 0.4) is 0 Å². The molecule has 2 aliphatic heterocycles. The van der Waals surface area contributed by atoms with Crippen LogP contribution in [0.2, 0.25) is 0 Å². The summed E-state index contributed by atoms with van der Waals surface area (Å²) in [5, 5.41) is 2.35. The van der Waals surface area contributed by atoms with Crippen molar-refractivity contribution in [3.8, 4) is 0 Å². The molecule has 188 valence electrons. The third-order valence-electron chi connectivity index (χ3n) is 6.40. The third kappa shape index (κ3) is 5.93. The predicted molar refractivity (Wildman–Crippen MR) is 125 cm³/mol. The van der Waals surface area contributed by atoms with Gasteiger partial charge in [0.05, 0.1) is 30.0 Å². The van der Waals surface area contributed by atoms with E-state index in [9.17, 15) is 27.2 Å². The van der Waals surface area contributed by atoms with Crippen molar-refractivity contribution in [2.24, 2.45) is 0 Å². The van der Waals surface area contributed by atoms with Gasteiger partial charge < -0.3 is 15.1 Å². The largest absolute Gasteiger partial charge is 0.418 e. The summed E-state index contributed by atoms with van der Waals surface area (Å²) < 4.78 is 54.0. The van der Waals surface area contributed by atoms with E-state index in [-0.39, 0.29) is 30.5 Å². The summed E-state index contributed by atoms with van der Waals surface area (Å²) in [6.07, 6.45) is -2.93. The van der Waals surface area contributed by atoms with Gasteiger partial charge in [-0.15, -0.1) is 0 Å². The SMILES string of the molecule is Cc1cc(F)c2c(c1)CCCN2CC(=O)N1CCN(CC(=O)Nc2ccccc2C(F)(F)F)CC1. The van der Waals surface area contributed by atoms with E-state index in [0.29, 0.717) is 38.4 Å². The van der Waals surface area contributed by atoms with Crippen LogP contribution < -0.4 is 10.2 Å². The van der Waals surface area contributed by atoms with Gasteiger partial charge >= 0.3 is 6.18 Å². The molecule has 0 saturated carbocycles. The van der Waals surface area contributed by atoms with Gasteiger partial charge in [-0.1, -0.05) is 18.2 Å². The first-order chi connectivity index (χ1) is 16.6. The zero-order chi connectivity index (χ0) is 25.2. The Morgan fingerprint density at radius 1 is 1.00 bits per heavy atom. The molecule has 2 aromatic carbocycles. The zero-order valence-corrected chi connectivity index (χ0v) is 19.5. The Morgan fingerprint density at radius 2 is 1.71 bits per heavy atom. The number of amides is 2. The molecule has 1 fully saturated rings. The fourth-order valence-corrected chi connectivity index (χ4v) is 4.73. The van der Waals surface area contributed by atoms with E-state index in [0.717, 1.165) is 30.0 Å². The molecule has 2 heterocycles. The van der Waals surface area contributed by atoms with Crippen molar-refractivity contribution in [3.63, 3.8) is 0 Å². The molecule has 1 N–H and O–H groups in total. The van der Waals surface area contributed by atoms with Crippen molar-refractivity contribution in [2.45, 2.75) is 25.9 Å². The number of hydrogen-bond donors (Lipinski definition) is 1. The average molecular weight is 493 g/mol. The molecule has 0 aromatic heterocycles. The third-order valence-corrected chi connectivity index (χ3v) is 6.40. The second-order valence-electron chi connectivity index (χ2n) is 9.03. The minimum atomic E-state index is -4.56. The first-order valence-electron chi connectivity index (χ1n) is 11.6. The van der Waals surface area contributed by atoms with Crippen LogP contribution in [0.1, 0.15) is 23.1 Å². The van der Waals surface area contributed by atoms with E-state index in [2.05, 4.69) is 5.32 Å².